The van der Waals surface area contributed by atoms with E-state index in [4.69, 9.17) is 9.97 Å². The Bertz CT molecular complexity index is 2830. The summed E-state index contributed by atoms with van der Waals surface area (Å²) in [5.41, 5.74) is 17.9. The van der Waals surface area contributed by atoms with Gasteiger partial charge in [0.25, 0.3) is 0 Å². The van der Waals surface area contributed by atoms with Crippen LogP contribution in [0.25, 0.3) is 90.9 Å². The predicted octanol–water partition coefficient (Wildman–Crippen LogP) is 17.0. The summed E-state index contributed by atoms with van der Waals surface area (Å²) < 4.78 is 3.85. The first-order valence-corrected chi connectivity index (χ1v) is 23.1. The van der Waals surface area contributed by atoms with E-state index in [2.05, 4.69) is 237 Å². The molecule has 60 heavy (non-hydrogen) atoms. The molecule has 0 atom stereocenters. The van der Waals surface area contributed by atoms with E-state index < -0.39 is 0 Å². The molecule has 298 valence electrons. The highest BCUT2D eigenvalue weighted by Gasteiger charge is 2.23. The third-order valence-electron chi connectivity index (χ3n) is 11.3. The lowest BCUT2D eigenvalue weighted by Crippen LogP contribution is -2.10. The Kier molecular flexibility index (Phi) is 10.7. The topological polar surface area (TPSA) is 57.4 Å². The highest BCUT2D eigenvalue weighted by atomic mass is 79.9. The Morgan fingerprint density at radius 2 is 0.633 bits per heavy atom. The Balaban J connectivity index is 1.47. The molecule has 4 aromatic carbocycles. The summed E-state index contributed by atoms with van der Waals surface area (Å²) in [4.78, 5) is 18.8. The van der Waals surface area contributed by atoms with Crippen LogP contribution in [0.3, 0.4) is 0 Å². The monoisotopic (exact) mass is 1040 g/mol. The first kappa shape index (κ1) is 40.8. The lowest BCUT2D eigenvalue weighted by Gasteiger charge is -2.19. The summed E-state index contributed by atoms with van der Waals surface area (Å²) in [6.45, 7) is 13.5. The van der Waals surface area contributed by atoms with Crippen molar-refractivity contribution in [3.63, 3.8) is 0 Å². The molecule has 5 heterocycles. The summed E-state index contributed by atoms with van der Waals surface area (Å²) in [5.74, 6) is 0. The summed E-state index contributed by atoms with van der Waals surface area (Å²) in [5, 5.41) is 0. The number of fused-ring (bicyclic) bond motifs is 8. The van der Waals surface area contributed by atoms with Crippen LogP contribution in [-0.2, 0) is 10.8 Å². The minimum Gasteiger partial charge on any atom is -0.354 e. The van der Waals surface area contributed by atoms with Gasteiger partial charge >= 0.3 is 0 Å². The SMILES string of the molecule is CC(C)(C)c1ccc(-c2c3nc(c(-c4c(Br)cccc4Br)c4ccc([nH]4)c(-c4ccc(C(C)(C)C)cc4)c4nc(c(-c5c(Br)cccc5Br)c5ccc2[nH]5)C=C4)C=C3)cc1. The van der Waals surface area contributed by atoms with Gasteiger partial charge in [0.2, 0.25) is 0 Å². The van der Waals surface area contributed by atoms with E-state index >= 15 is 0 Å². The van der Waals surface area contributed by atoms with Crippen molar-refractivity contribution in [3.05, 3.63) is 161 Å². The number of nitrogens with one attached hydrogen (secondary N) is 2. The normalized spacial score (nSPS) is 12.7. The molecular weight excluding hydrogens is 1000 g/mol. The molecular formula is C52H42Br4N4. The number of hydrogen-bond donors (Lipinski definition) is 2. The van der Waals surface area contributed by atoms with Crippen molar-refractivity contribution in [3.8, 4) is 44.5 Å². The lowest BCUT2D eigenvalue weighted by molar-refractivity contribution is 0.590. The molecule has 8 heteroatoms. The molecule has 9 rings (SSSR count). The zero-order valence-electron chi connectivity index (χ0n) is 34.1. The Morgan fingerprint density at radius 1 is 0.350 bits per heavy atom. The summed E-state index contributed by atoms with van der Waals surface area (Å²) in [7, 11) is 0. The third kappa shape index (κ3) is 7.55. The summed E-state index contributed by atoms with van der Waals surface area (Å²) >= 11 is 15.7. The molecule has 4 nitrogen and oxygen atoms in total. The number of halogens is 4. The fourth-order valence-corrected chi connectivity index (χ4v) is 10.9. The maximum atomic E-state index is 5.51. The minimum atomic E-state index is 0.0170. The molecule has 0 spiro atoms. The van der Waals surface area contributed by atoms with Crippen molar-refractivity contribution < 1.29 is 0 Å². The van der Waals surface area contributed by atoms with Crippen LogP contribution in [0.1, 0.15) is 75.4 Å². The number of aromatic nitrogens is 4. The zero-order valence-corrected chi connectivity index (χ0v) is 40.5. The van der Waals surface area contributed by atoms with Crippen LogP contribution >= 0.6 is 63.7 Å². The standard InChI is InChI=1S/C52H42Br4N4/c1-51(2,3)31-17-13-29(14-18-31)45-37-21-25-41(57-37)49(47-33(53)9-7-10-34(47)54)43-27-23-39(59-43)46(30-15-19-32(20-16-30)52(4,5)6)40-24-28-44(60-40)50(42-26-22-38(45)58-42)48-35(55)11-8-12-36(48)56/h7-28,57,60H,1-6H3. The number of benzene rings is 4. The molecule has 0 unspecified atom stereocenters. The van der Waals surface area contributed by atoms with Crippen molar-refractivity contribution in [2.75, 3.05) is 0 Å². The fourth-order valence-electron chi connectivity index (χ4n) is 8.09. The van der Waals surface area contributed by atoms with E-state index in [1.54, 1.807) is 0 Å². The third-order valence-corrected chi connectivity index (χ3v) is 13.9. The minimum absolute atomic E-state index is 0.0170. The largest absolute Gasteiger partial charge is 0.354 e. The van der Waals surface area contributed by atoms with Gasteiger partial charge in [0, 0.05) is 73.3 Å². The van der Waals surface area contributed by atoms with Gasteiger partial charge in [-0.15, -0.1) is 0 Å². The number of aromatic amines is 2. The van der Waals surface area contributed by atoms with Gasteiger partial charge in [0.1, 0.15) is 0 Å². The molecule has 0 saturated heterocycles. The van der Waals surface area contributed by atoms with E-state index in [0.717, 1.165) is 107 Å². The molecule has 0 saturated carbocycles. The van der Waals surface area contributed by atoms with Gasteiger partial charge in [-0.1, -0.05) is 166 Å². The molecule has 2 aliphatic heterocycles. The van der Waals surface area contributed by atoms with Crippen molar-refractivity contribution in [2.45, 2.75) is 52.4 Å². The van der Waals surface area contributed by atoms with E-state index in [1.807, 2.05) is 12.1 Å². The molecule has 0 radical (unpaired) electrons. The van der Waals surface area contributed by atoms with E-state index in [0.29, 0.717) is 0 Å². The van der Waals surface area contributed by atoms with Crippen LogP contribution in [-0.4, -0.2) is 19.9 Å². The summed E-state index contributed by atoms with van der Waals surface area (Å²) in [6.07, 6.45) is 8.56. The van der Waals surface area contributed by atoms with E-state index in [-0.39, 0.29) is 10.8 Å². The average Bonchev–Trinajstić information content (AvgIpc) is 4.04. The molecule has 0 fully saturated rings. The highest BCUT2D eigenvalue weighted by Crippen LogP contribution is 2.44. The first-order valence-electron chi connectivity index (χ1n) is 19.9. The van der Waals surface area contributed by atoms with E-state index in [1.165, 1.54) is 11.1 Å². The lowest BCUT2D eigenvalue weighted by atomic mass is 9.86. The molecule has 7 aromatic rings. The predicted molar refractivity (Wildman–Crippen MR) is 269 cm³/mol. The van der Waals surface area contributed by atoms with Crippen molar-refractivity contribution in [1.29, 1.82) is 0 Å². The number of hydrogen-bond acceptors (Lipinski definition) is 2. The second kappa shape index (κ2) is 15.7. The van der Waals surface area contributed by atoms with Gasteiger partial charge < -0.3 is 9.97 Å². The van der Waals surface area contributed by atoms with Crippen LogP contribution in [0.4, 0.5) is 0 Å². The number of H-pyrrole nitrogens is 2. The van der Waals surface area contributed by atoms with Crippen LogP contribution < -0.4 is 0 Å². The molecule has 0 amide bonds. The second-order valence-electron chi connectivity index (χ2n) is 17.4. The molecule has 2 aliphatic rings. The smallest absolute Gasteiger partial charge is 0.0738 e. The van der Waals surface area contributed by atoms with Gasteiger partial charge in [0.05, 0.1) is 22.8 Å². The molecule has 8 bridgehead atoms. The molecule has 3 aromatic heterocycles. The number of nitrogens with zero attached hydrogens (tertiary/aromatic N) is 2. The number of rotatable bonds is 4. The van der Waals surface area contributed by atoms with Gasteiger partial charge in [-0.2, -0.15) is 0 Å². The van der Waals surface area contributed by atoms with Crippen LogP contribution in [0.5, 0.6) is 0 Å². The second-order valence-corrected chi connectivity index (χ2v) is 20.8. The van der Waals surface area contributed by atoms with Crippen molar-refractivity contribution in [2.24, 2.45) is 0 Å². The maximum Gasteiger partial charge on any atom is 0.0738 e. The zero-order chi connectivity index (χ0) is 42.1. The first-order chi connectivity index (χ1) is 28.7. The van der Waals surface area contributed by atoms with Crippen LogP contribution in [0.15, 0.2) is 127 Å². The molecule has 0 aliphatic carbocycles. The maximum absolute atomic E-state index is 5.51. The van der Waals surface area contributed by atoms with E-state index in [9.17, 15) is 0 Å². The van der Waals surface area contributed by atoms with Crippen molar-refractivity contribution >= 4 is 110 Å². The van der Waals surface area contributed by atoms with Crippen LogP contribution in [0.2, 0.25) is 0 Å². The highest BCUT2D eigenvalue weighted by molar-refractivity contribution is 9.11. The Morgan fingerprint density at radius 3 is 0.933 bits per heavy atom. The Hall–Kier alpha value is -4.60. The molecule has 2 N–H and O–H groups in total. The van der Waals surface area contributed by atoms with Crippen LogP contribution in [0, 0.1) is 0 Å². The Labute approximate surface area is 384 Å². The average molecular weight is 1040 g/mol. The quantitative estimate of drug-likeness (QED) is 0.185. The van der Waals surface area contributed by atoms with Gasteiger partial charge in [0.15, 0.2) is 0 Å². The van der Waals surface area contributed by atoms with Crippen molar-refractivity contribution in [1.82, 2.24) is 19.9 Å². The van der Waals surface area contributed by atoms with Gasteiger partial charge in [-0.25, -0.2) is 9.97 Å². The fraction of sp³-hybridized carbons (Fsp3) is 0.154. The summed E-state index contributed by atoms with van der Waals surface area (Å²) in [6, 6.07) is 38.9. The van der Waals surface area contributed by atoms with Gasteiger partial charge in [-0.3, -0.25) is 0 Å². The van der Waals surface area contributed by atoms with Gasteiger partial charge in [-0.05, 0) is 106 Å².